The summed E-state index contributed by atoms with van der Waals surface area (Å²) < 4.78 is 7.38. The molecule has 1 aromatic heterocycles. The molecule has 4 nitrogen and oxygen atoms in total. The van der Waals surface area contributed by atoms with E-state index in [1.807, 2.05) is 13.1 Å². The number of ketones is 1. The van der Waals surface area contributed by atoms with Gasteiger partial charge in [-0.2, -0.15) is 0 Å². The number of nitrogens with two attached hydrogens (primary N) is 1. The van der Waals surface area contributed by atoms with Crippen LogP contribution in [0.3, 0.4) is 0 Å². The molecule has 28 heavy (non-hydrogen) atoms. The first-order chi connectivity index (χ1) is 13.4. The Kier molecular flexibility index (Phi) is 6.73. The van der Waals surface area contributed by atoms with Gasteiger partial charge in [-0.15, -0.1) is 0 Å². The van der Waals surface area contributed by atoms with Crippen LogP contribution in [0.15, 0.2) is 36.4 Å². The van der Waals surface area contributed by atoms with E-state index < -0.39 is 0 Å². The fraction of sp³-hybridized carbons (Fsp3) is 0.542. The molecule has 2 N–H and O–H groups in total. The standard InChI is InChI=1S/C24H34N2O2/c1-18-8-10-19(11-9-18)6-4-5-7-23(27)22-13-12-21(26(22)2)20-14-15-24(25,16-20)17-28-3/h8-13,20H,4-7,14-17,25H2,1-3H3/t20-,24+/m0/s1. The molecule has 3 rings (SSSR count). The maximum Gasteiger partial charge on any atom is 0.179 e. The van der Waals surface area contributed by atoms with E-state index in [0.717, 1.165) is 44.2 Å². The molecule has 1 aromatic carbocycles. The molecule has 152 valence electrons. The fourth-order valence-corrected chi connectivity index (χ4v) is 4.54. The number of rotatable bonds is 9. The minimum absolute atomic E-state index is 0.232. The second-order valence-electron chi connectivity index (χ2n) is 8.55. The zero-order valence-electron chi connectivity index (χ0n) is 17.5. The number of aryl methyl sites for hydroxylation is 2. The fourth-order valence-electron chi connectivity index (χ4n) is 4.54. The number of hydrogen-bond acceptors (Lipinski definition) is 3. The SMILES string of the molecule is COC[C@@]1(N)CC[C@H](c2ccc(C(=O)CCCCc3ccc(C)cc3)n2C)C1. The van der Waals surface area contributed by atoms with Gasteiger partial charge in [0.2, 0.25) is 0 Å². The first-order valence-corrected chi connectivity index (χ1v) is 10.4. The minimum atomic E-state index is -0.232. The lowest BCUT2D eigenvalue weighted by Crippen LogP contribution is -2.41. The number of benzene rings is 1. The lowest BCUT2D eigenvalue weighted by Gasteiger charge is -2.23. The molecule has 2 atom stereocenters. The molecule has 4 heteroatoms. The van der Waals surface area contributed by atoms with Crippen LogP contribution in [0.4, 0.5) is 0 Å². The van der Waals surface area contributed by atoms with Crippen LogP contribution in [0.1, 0.15) is 71.8 Å². The second-order valence-corrected chi connectivity index (χ2v) is 8.55. The predicted molar refractivity (Wildman–Crippen MR) is 114 cm³/mol. The van der Waals surface area contributed by atoms with Crippen molar-refractivity contribution in [1.29, 1.82) is 0 Å². The van der Waals surface area contributed by atoms with E-state index in [-0.39, 0.29) is 11.3 Å². The van der Waals surface area contributed by atoms with Gasteiger partial charge in [0.15, 0.2) is 5.78 Å². The molecule has 0 spiro atoms. The monoisotopic (exact) mass is 382 g/mol. The highest BCUT2D eigenvalue weighted by Gasteiger charge is 2.37. The van der Waals surface area contributed by atoms with Crippen molar-refractivity contribution in [2.45, 2.75) is 63.3 Å². The Morgan fingerprint density at radius 1 is 1.21 bits per heavy atom. The first kappa shape index (κ1) is 20.8. The topological polar surface area (TPSA) is 57.2 Å². The molecule has 1 saturated carbocycles. The van der Waals surface area contributed by atoms with Gasteiger partial charge < -0.3 is 15.0 Å². The Labute approximate surface area is 169 Å². The number of unbranched alkanes of at least 4 members (excludes halogenated alkanes) is 1. The van der Waals surface area contributed by atoms with Crippen molar-refractivity contribution in [1.82, 2.24) is 4.57 Å². The van der Waals surface area contributed by atoms with Crippen molar-refractivity contribution in [3.8, 4) is 0 Å². The van der Waals surface area contributed by atoms with Crippen LogP contribution in [0.2, 0.25) is 0 Å². The predicted octanol–water partition coefficient (Wildman–Crippen LogP) is 4.54. The van der Waals surface area contributed by atoms with Gasteiger partial charge in [-0.1, -0.05) is 29.8 Å². The zero-order valence-corrected chi connectivity index (χ0v) is 17.5. The van der Waals surface area contributed by atoms with Crippen LogP contribution in [-0.2, 0) is 18.2 Å². The highest BCUT2D eigenvalue weighted by atomic mass is 16.5. The lowest BCUT2D eigenvalue weighted by atomic mass is 9.97. The number of carbonyl (C=O) groups is 1. The summed E-state index contributed by atoms with van der Waals surface area (Å²) in [4.78, 5) is 12.7. The van der Waals surface area contributed by atoms with E-state index >= 15 is 0 Å². The molecule has 0 bridgehead atoms. The van der Waals surface area contributed by atoms with E-state index in [2.05, 4.69) is 41.8 Å². The van der Waals surface area contributed by atoms with Crippen molar-refractivity contribution in [3.05, 3.63) is 58.9 Å². The summed E-state index contributed by atoms with van der Waals surface area (Å²) in [6, 6.07) is 12.8. The van der Waals surface area contributed by atoms with Crippen molar-refractivity contribution in [2.75, 3.05) is 13.7 Å². The van der Waals surface area contributed by atoms with Gasteiger partial charge >= 0.3 is 0 Å². The number of nitrogens with zero attached hydrogens (tertiary/aromatic N) is 1. The second kappa shape index (κ2) is 9.06. The molecular weight excluding hydrogens is 348 g/mol. The largest absolute Gasteiger partial charge is 0.383 e. The maximum atomic E-state index is 12.7. The van der Waals surface area contributed by atoms with E-state index in [1.54, 1.807) is 7.11 Å². The quantitative estimate of drug-likeness (QED) is 0.512. The molecule has 0 unspecified atom stereocenters. The third kappa shape index (κ3) is 4.92. The van der Waals surface area contributed by atoms with Crippen LogP contribution >= 0.6 is 0 Å². The van der Waals surface area contributed by atoms with Gasteiger partial charge in [0.1, 0.15) is 0 Å². The van der Waals surface area contributed by atoms with Gasteiger partial charge in [0.05, 0.1) is 12.3 Å². The Balaban J connectivity index is 1.51. The molecule has 1 fully saturated rings. The van der Waals surface area contributed by atoms with Crippen LogP contribution < -0.4 is 5.73 Å². The van der Waals surface area contributed by atoms with E-state index in [4.69, 9.17) is 10.5 Å². The third-order valence-electron chi connectivity index (χ3n) is 6.18. The number of ether oxygens (including phenoxy) is 1. The molecule has 1 aliphatic rings. The molecular formula is C24H34N2O2. The average Bonchev–Trinajstić information content (AvgIpc) is 3.23. The van der Waals surface area contributed by atoms with Crippen LogP contribution in [-0.4, -0.2) is 29.6 Å². The summed E-state index contributed by atoms with van der Waals surface area (Å²) in [7, 11) is 3.72. The Bertz CT molecular complexity index is 793. The van der Waals surface area contributed by atoms with E-state index in [1.165, 1.54) is 16.8 Å². The zero-order chi connectivity index (χ0) is 20.1. The maximum absolute atomic E-state index is 12.7. The van der Waals surface area contributed by atoms with Gasteiger partial charge in [-0.05, 0) is 63.1 Å². The molecule has 0 amide bonds. The first-order valence-electron chi connectivity index (χ1n) is 10.4. The highest BCUT2D eigenvalue weighted by molar-refractivity contribution is 5.94. The molecule has 0 radical (unpaired) electrons. The molecule has 1 aliphatic carbocycles. The summed E-state index contributed by atoms with van der Waals surface area (Å²) in [6.07, 6.45) is 6.56. The summed E-state index contributed by atoms with van der Waals surface area (Å²) in [5, 5.41) is 0. The number of aromatic nitrogens is 1. The van der Waals surface area contributed by atoms with Gasteiger partial charge in [0, 0.05) is 37.7 Å². The average molecular weight is 383 g/mol. The van der Waals surface area contributed by atoms with Crippen LogP contribution in [0.5, 0.6) is 0 Å². The smallest absolute Gasteiger partial charge is 0.179 e. The number of methoxy groups -OCH3 is 1. The van der Waals surface area contributed by atoms with Crippen molar-refractivity contribution in [2.24, 2.45) is 12.8 Å². The highest BCUT2D eigenvalue weighted by Crippen LogP contribution is 2.40. The Morgan fingerprint density at radius 3 is 2.68 bits per heavy atom. The third-order valence-corrected chi connectivity index (χ3v) is 6.18. The van der Waals surface area contributed by atoms with Crippen molar-refractivity contribution >= 4 is 5.78 Å². The van der Waals surface area contributed by atoms with Crippen molar-refractivity contribution < 1.29 is 9.53 Å². The van der Waals surface area contributed by atoms with Crippen LogP contribution in [0.25, 0.3) is 0 Å². The Hall–Kier alpha value is -1.91. The van der Waals surface area contributed by atoms with Crippen molar-refractivity contribution in [3.63, 3.8) is 0 Å². The molecule has 2 aromatic rings. The van der Waals surface area contributed by atoms with Gasteiger partial charge in [-0.3, -0.25) is 4.79 Å². The molecule has 0 aliphatic heterocycles. The molecule has 0 saturated heterocycles. The van der Waals surface area contributed by atoms with Gasteiger partial charge in [0.25, 0.3) is 0 Å². The number of Topliss-reactive ketones (excluding diaryl/α,β-unsaturated/α-hetero) is 1. The summed E-state index contributed by atoms with van der Waals surface area (Å²) in [5.41, 5.74) is 10.9. The van der Waals surface area contributed by atoms with E-state index in [9.17, 15) is 4.79 Å². The van der Waals surface area contributed by atoms with Gasteiger partial charge in [-0.25, -0.2) is 0 Å². The number of hydrogen-bond donors (Lipinski definition) is 1. The minimum Gasteiger partial charge on any atom is -0.383 e. The van der Waals surface area contributed by atoms with Crippen LogP contribution in [0, 0.1) is 6.92 Å². The normalized spacial score (nSPS) is 21.9. The summed E-state index contributed by atoms with van der Waals surface area (Å²) in [5.74, 6) is 0.653. The summed E-state index contributed by atoms with van der Waals surface area (Å²) >= 11 is 0. The van der Waals surface area contributed by atoms with E-state index in [0.29, 0.717) is 18.9 Å². The number of carbonyl (C=O) groups excluding carboxylic acids is 1. The summed E-state index contributed by atoms with van der Waals surface area (Å²) in [6.45, 7) is 2.70. The Morgan fingerprint density at radius 2 is 1.96 bits per heavy atom. The lowest BCUT2D eigenvalue weighted by molar-refractivity contribution is 0.0971. The molecule has 1 heterocycles.